The third-order valence-electron chi connectivity index (χ3n) is 5.42. The van der Waals surface area contributed by atoms with E-state index in [2.05, 4.69) is 36.1 Å². The van der Waals surface area contributed by atoms with Crippen molar-refractivity contribution in [3.8, 4) is 0 Å². The molecule has 1 aliphatic rings. The predicted molar refractivity (Wildman–Crippen MR) is 103 cm³/mol. The molecule has 6 heteroatoms. The number of fused-ring (bicyclic) bond motifs is 1. The van der Waals surface area contributed by atoms with Crippen molar-refractivity contribution >= 4 is 11.6 Å². The van der Waals surface area contributed by atoms with Crippen LogP contribution in [0.1, 0.15) is 41.4 Å². The Bertz CT molecular complexity index is 965. The molecule has 0 unspecified atom stereocenters. The van der Waals surface area contributed by atoms with Gasteiger partial charge in [-0.05, 0) is 23.0 Å². The Balaban J connectivity index is 1.59. The van der Waals surface area contributed by atoms with Gasteiger partial charge in [0.05, 0.1) is 0 Å². The number of carbonyl (C=O) groups is 1. The second-order valence-electron chi connectivity index (χ2n) is 7.91. The van der Waals surface area contributed by atoms with Gasteiger partial charge in [0.2, 0.25) is 0 Å². The van der Waals surface area contributed by atoms with Crippen LogP contribution >= 0.6 is 0 Å². The maximum Gasteiger partial charge on any atom is 0.274 e. The Morgan fingerprint density at radius 3 is 2.81 bits per heavy atom. The molecule has 1 amide bonds. The zero-order valence-electron chi connectivity index (χ0n) is 15.7. The monoisotopic (exact) mass is 364 g/mol. The summed E-state index contributed by atoms with van der Waals surface area (Å²) in [5.74, 6) is 0.240. The van der Waals surface area contributed by atoms with Gasteiger partial charge < -0.3 is 10.0 Å². The zero-order chi connectivity index (χ0) is 19.0. The summed E-state index contributed by atoms with van der Waals surface area (Å²) < 4.78 is 1.62. The molecule has 0 bridgehead atoms. The highest BCUT2D eigenvalue weighted by molar-refractivity contribution is 5.93. The quantitative estimate of drug-likeness (QED) is 0.772. The number of aliphatic hydroxyl groups excluding tert-OH is 1. The number of carbonyl (C=O) groups excluding carboxylic acids is 1. The smallest absolute Gasteiger partial charge is 0.274 e. The summed E-state index contributed by atoms with van der Waals surface area (Å²) in [5, 5.41) is 13.5. The van der Waals surface area contributed by atoms with Crippen molar-refractivity contribution in [2.24, 2.45) is 5.41 Å². The SMILES string of the molecule is CC1(C)CN(C(=O)c2cc3ncc(CCO)cn3n2)C[C@@H]1c1ccccc1. The standard InChI is InChI=1S/C21H24N4O2/c1-21(2)14-24(13-17(21)16-6-4-3-5-7-16)20(27)18-10-19-22-11-15(8-9-26)12-25(19)23-18/h3-7,10-12,17,26H,8-9,13-14H2,1-2H3/t17-/m1/s1. The second-order valence-corrected chi connectivity index (χ2v) is 7.91. The molecule has 1 fully saturated rings. The van der Waals surface area contributed by atoms with Crippen molar-refractivity contribution in [1.82, 2.24) is 19.5 Å². The summed E-state index contributed by atoms with van der Waals surface area (Å²) >= 11 is 0. The van der Waals surface area contributed by atoms with Gasteiger partial charge in [-0.25, -0.2) is 9.50 Å². The molecule has 3 aromatic rings. The van der Waals surface area contributed by atoms with E-state index in [1.165, 1.54) is 5.56 Å². The molecule has 1 aliphatic heterocycles. The number of amides is 1. The van der Waals surface area contributed by atoms with Crippen LogP contribution in [0.5, 0.6) is 0 Å². The maximum atomic E-state index is 13.1. The van der Waals surface area contributed by atoms with Gasteiger partial charge in [0.25, 0.3) is 5.91 Å². The molecule has 27 heavy (non-hydrogen) atoms. The lowest BCUT2D eigenvalue weighted by Gasteiger charge is -2.25. The van der Waals surface area contributed by atoms with Crippen LogP contribution in [0, 0.1) is 5.41 Å². The lowest BCUT2D eigenvalue weighted by Crippen LogP contribution is -2.30. The number of hydrogen-bond donors (Lipinski definition) is 1. The third kappa shape index (κ3) is 3.32. The first-order valence-electron chi connectivity index (χ1n) is 9.27. The van der Waals surface area contributed by atoms with Crippen LogP contribution < -0.4 is 0 Å². The van der Waals surface area contributed by atoms with Gasteiger partial charge in [-0.3, -0.25) is 4.79 Å². The molecule has 1 saturated heterocycles. The van der Waals surface area contributed by atoms with Gasteiger partial charge in [0, 0.05) is 44.1 Å². The molecular weight excluding hydrogens is 340 g/mol. The van der Waals surface area contributed by atoms with Crippen LogP contribution in [0.15, 0.2) is 48.8 Å². The van der Waals surface area contributed by atoms with Gasteiger partial charge in [-0.15, -0.1) is 0 Å². The summed E-state index contributed by atoms with van der Waals surface area (Å²) in [6, 6.07) is 12.1. The first-order chi connectivity index (χ1) is 13.0. The molecule has 4 rings (SSSR count). The van der Waals surface area contributed by atoms with Crippen LogP contribution in [0.3, 0.4) is 0 Å². The third-order valence-corrected chi connectivity index (χ3v) is 5.42. The van der Waals surface area contributed by atoms with E-state index in [0.29, 0.717) is 36.8 Å². The van der Waals surface area contributed by atoms with Crippen molar-refractivity contribution < 1.29 is 9.90 Å². The van der Waals surface area contributed by atoms with Crippen molar-refractivity contribution in [3.63, 3.8) is 0 Å². The van der Waals surface area contributed by atoms with E-state index in [-0.39, 0.29) is 17.9 Å². The molecule has 0 saturated carbocycles. The lowest BCUT2D eigenvalue weighted by molar-refractivity contribution is 0.0772. The van der Waals surface area contributed by atoms with Crippen molar-refractivity contribution in [1.29, 1.82) is 0 Å². The number of rotatable bonds is 4. The molecule has 1 aromatic carbocycles. The largest absolute Gasteiger partial charge is 0.396 e. The molecule has 0 aliphatic carbocycles. The minimum Gasteiger partial charge on any atom is -0.396 e. The average molecular weight is 364 g/mol. The Labute approximate surface area is 158 Å². The van der Waals surface area contributed by atoms with E-state index in [1.807, 2.05) is 29.3 Å². The second kappa shape index (κ2) is 6.78. The molecule has 3 heterocycles. The number of benzene rings is 1. The Morgan fingerprint density at radius 1 is 1.30 bits per heavy atom. The summed E-state index contributed by atoms with van der Waals surface area (Å²) in [5.41, 5.74) is 3.20. The van der Waals surface area contributed by atoms with Crippen molar-refractivity contribution in [3.05, 3.63) is 65.6 Å². The van der Waals surface area contributed by atoms with Crippen LogP contribution in [-0.2, 0) is 6.42 Å². The zero-order valence-corrected chi connectivity index (χ0v) is 15.7. The van der Waals surface area contributed by atoms with Crippen molar-refractivity contribution in [2.75, 3.05) is 19.7 Å². The molecule has 6 nitrogen and oxygen atoms in total. The number of aliphatic hydroxyl groups is 1. The van der Waals surface area contributed by atoms with Crippen LogP contribution in [0.4, 0.5) is 0 Å². The lowest BCUT2D eigenvalue weighted by atomic mass is 9.78. The van der Waals surface area contributed by atoms with Gasteiger partial charge in [0.1, 0.15) is 0 Å². The maximum absolute atomic E-state index is 13.1. The van der Waals surface area contributed by atoms with E-state index in [4.69, 9.17) is 5.11 Å². The fourth-order valence-corrected chi connectivity index (χ4v) is 3.97. The first-order valence-corrected chi connectivity index (χ1v) is 9.27. The molecule has 1 atom stereocenters. The van der Waals surface area contributed by atoms with Gasteiger partial charge >= 0.3 is 0 Å². The number of aromatic nitrogens is 3. The average Bonchev–Trinajstić information content (AvgIpc) is 3.22. The first kappa shape index (κ1) is 17.7. The highest BCUT2D eigenvalue weighted by Gasteiger charge is 2.42. The Kier molecular flexibility index (Phi) is 4.44. The van der Waals surface area contributed by atoms with Gasteiger partial charge in [0.15, 0.2) is 11.3 Å². The molecule has 140 valence electrons. The molecule has 0 radical (unpaired) electrons. The fourth-order valence-electron chi connectivity index (χ4n) is 3.97. The summed E-state index contributed by atoms with van der Waals surface area (Å²) in [7, 11) is 0. The Hall–Kier alpha value is -2.73. The van der Waals surface area contributed by atoms with Crippen molar-refractivity contribution in [2.45, 2.75) is 26.2 Å². The minimum absolute atomic E-state index is 0.00270. The van der Waals surface area contributed by atoms with E-state index in [1.54, 1.807) is 16.8 Å². The molecule has 0 spiro atoms. The van der Waals surface area contributed by atoms with Crippen LogP contribution in [0.2, 0.25) is 0 Å². The van der Waals surface area contributed by atoms with Crippen LogP contribution in [0.25, 0.3) is 5.65 Å². The number of likely N-dealkylation sites (tertiary alicyclic amines) is 1. The van der Waals surface area contributed by atoms with E-state index in [9.17, 15) is 4.79 Å². The minimum atomic E-state index is -0.0595. The Morgan fingerprint density at radius 2 is 2.07 bits per heavy atom. The van der Waals surface area contributed by atoms with Crippen LogP contribution in [-0.4, -0.2) is 50.2 Å². The van der Waals surface area contributed by atoms with Gasteiger partial charge in [-0.1, -0.05) is 44.2 Å². The summed E-state index contributed by atoms with van der Waals surface area (Å²) in [6.45, 7) is 5.87. The summed E-state index contributed by atoms with van der Waals surface area (Å²) in [6.07, 6.45) is 4.05. The number of nitrogens with zero attached hydrogens (tertiary/aromatic N) is 4. The fraction of sp³-hybridized carbons (Fsp3) is 0.381. The molecule has 1 N–H and O–H groups in total. The summed E-state index contributed by atoms with van der Waals surface area (Å²) in [4.78, 5) is 19.3. The highest BCUT2D eigenvalue weighted by Crippen LogP contribution is 2.42. The van der Waals surface area contributed by atoms with Gasteiger partial charge in [-0.2, -0.15) is 5.10 Å². The molecule has 2 aromatic heterocycles. The molecular formula is C21H24N4O2. The van der Waals surface area contributed by atoms with E-state index in [0.717, 1.165) is 5.56 Å². The predicted octanol–water partition coefficient (Wildman–Crippen LogP) is 2.53. The normalized spacial score (nSPS) is 18.9. The number of hydrogen-bond acceptors (Lipinski definition) is 4. The topological polar surface area (TPSA) is 70.7 Å². The van der Waals surface area contributed by atoms with E-state index >= 15 is 0 Å². The highest BCUT2D eigenvalue weighted by atomic mass is 16.3. The van der Waals surface area contributed by atoms with E-state index < -0.39 is 0 Å².